The number of hydrogen-bond acceptors (Lipinski definition) is 2. The Kier molecular flexibility index (Phi) is 3.42. The summed E-state index contributed by atoms with van der Waals surface area (Å²) in [5.41, 5.74) is 0. The van der Waals surface area contributed by atoms with Crippen molar-refractivity contribution in [1.82, 2.24) is 5.06 Å². The highest BCUT2D eigenvalue weighted by atomic mass is 19.3. The molecule has 0 heterocycles. The second-order valence-electron chi connectivity index (χ2n) is 3.58. The van der Waals surface area contributed by atoms with Gasteiger partial charge in [0.15, 0.2) is 0 Å². The molecule has 0 radical (unpaired) electrons. The second kappa shape index (κ2) is 4.21. The van der Waals surface area contributed by atoms with Crippen LogP contribution in [0.5, 0.6) is 0 Å². The summed E-state index contributed by atoms with van der Waals surface area (Å²) in [7, 11) is 2.64. The molecule has 1 atom stereocenters. The SMILES string of the molecule is CON(C)C(=O)C1CCCCC1(F)F. The van der Waals surface area contributed by atoms with Gasteiger partial charge in [0, 0.05) is 13.5 Å². The number of halogens is 2. The first-order valence-corrected chi connectivity index (χ1v) is 4.68. The second-order valence-corrected chi connectivity index (χ2v) is 3.58. The van der Waals surface area contributed by atoms with Crippen LogP contribution in [-0.2, 0) is 9.63 Å². The molecule has 0 spiro atoms. The molecule has 1 unspecified atom stereocenters. The molecule has 1 amide bonds. The van der Waals surface area contributed by atoms with Gasteiger partial charge in [0.25, 0.3) is 11.8 Å². The van der Waals surface area contributed by atoms with Crippen LogP contribution < -0.4 is 0 Å². The van der Waals surface area contributed by atoms with Crippen molar-refractivity contribution < 1.29 is 18.4 Å². The van der Waals surface area contributed by atoms with Crippen molar-refractivity contribution in [1.29, 1.82) is 0 Å². The molecule has 0 aliphatic heterocycles. The maximum absolute atomic E-state index is 13.3. The molecule has 0 aromatic heterocycles. The third kappa shape index (κ3) is 2.20. The highest BCUT2D eigenvalue weighted by Crippen LogP contribution is 2.39. The molecule has 1 aliphatic rings. The van der Waals surface area contributed by atoms with Crippen molar-refractivity contribution in [3.8, 4) is 0 Å². The number of carbonyl (C=O) groups is 1. The lowest BCUT2D eigenvalue weighted by atomic mass is 9.85. The molecule has 1 rings (SSSR count). The summed E-state index contributed by atoms with van der Waals surface area (Å²) in [4.78, 5) is 16.1. The smallest absolute Gasteiger partial charge is 0.259 e. The molecule has 0 aromatic carbocycles. The molecule has 1 aliphatic carbocycles. The number of hydrogen-bond donors (Lipinski definition) is 0. The van der Waals surface area contributed by atoms with Crippen molar-refractivity contribution in [3.05, 3.63) is 0 Å². The van der Waals surface area contributed by atoms with Gasteiger partial charge < -0.3 is 0 Å². The minimum absolute atomic E-state index is 0.193. The van der Waals surface area contributed by atoms with Crippen molar-refractivity contribution in [2.45, 2.75) is 31.6 Å². The Hall–Kier alpha value is -0.710. The molecule has 3 nitrogen and oxygen atoms in total. The molecule has 0 aromatic rings. The summed E-state index contributed by atoms with van der Waals surface area (Å²) < 4.78 is 26.6. The van der Waals surface area contributed by atoms with E-state index in [2.05, 4.69) is 4.84 Å². The fraction of sp³-hybridized carbons (Fsp3) is 0.889. The molecule has 0 bridgehead atoms. The summed E-state index contributed by atoms with van der Waals surface area (Å²) >= 11 is 0. The van der Waals surface area contributed by atoms with Crippen molar-refractivity contribution in [2.75, 3.05) is 14.2 Å². The third-order valence-corrected chi connectivity index (χ3v) is 2.65. The number of alkyl halides is 2. The van der Waals surface area contributed by atoms with Gasteiger partial charge >= 0.3 is 0 Å². The number of amides is 1. The summed E-state index contributed by atoms with van der Waals surface area (Å²) in [6.45, 7) is 0. The number of hydroxylamine groups is 2. The standard InChI is InChI=1S/C9H15F2NO2/c1-12(14-2)8(13)7-5-3-4-6-9(7,10)11/h7H,3-6H2,1-2H3. The largest absolute Gasteiger partial charge is 0.275 e. The summed E-state index contributed by atoms with van der Waals surface area (Å²) in [5.74, 6) is -4.71. The highest BCUT2D eigenvalue weighted by molar-refractivity contribution is 5.78. The Bertz CT molecular complexity index is 221. The van der Waals surface area contributed by atoms with Crippen LogP contribution >= 0.6 is 0 Å². The zero-order chi connectivity index (χ0) is 10.8. The van der Waals surface area contributed by atoms with Gasteiger partial charge in [0.2, 0.25) is 0 Å². The summed E-state index contributed by atoms with van der Waals surface area (Å²) in [6, 6.07) is 0. The van der Waals surface area contributed by atoms with Gasteiger partial charge in [-0.2, -0.15) is 0 Å². The predicted octanol–water partition coefficient (Wildman–Crippen LogP) is 1.83. The van der Waals surface area contributed by atoms with E-state index in [1.165, 1.54) is 14.2 Å². The van der Waals surface area contributed by atoms with E-state index in [4.69, 9.17) is 0 Å². The lowest BCUT2D eigenvalue weighted by molar-refractivity contribution is -0.189. The van der Waals surface area contributed by atoms with E-state index >= 15 is 0 Å². The van der Waals surface area contributed by atoms with Crippen molar-refractivity contribution in [3.63, 3.8) is 0 Å². The van der Waals surface area contributed by atoms with E-state index in [0.29, 0.717) is 12.8 Å². The molecule has 1 fully saturated rings. The van der Waals surface area contributed by atoms with Crippen LogP contribution in [0.4, 0.5) is 8.78 Å². The van der Waals surface area contributed by atoms with E-state index < -0.39 is 17.7 Å². The lowest BCUT2D eigenvalue weighted by Gasteiger charge is -2.32. The third-order valence-electron chi connectivity index (χ3n) is 2.65. The van der Waals surface area contributed by atoms with Gasteiger partial charge in [-0.05, 0) is 12.8 Å². The minimum atomic E-state index is -2.87. The fourth-order valence-electron chi connectivity index (χ4n) is 1.71. The van der Waals surface area contributed by atoms with Gasteiger partial charge in [-0.1, -0.05) is 6.42 Å². The quantitative estimate of drug-likeness (QED) is 0.646. The minimum Gasteiger partial charge on any atom is -0.275 e. The lowest BCUT2D eigenvalue weighted by Crippen LogP contribution is -2.43. The fourth-order valence-corrected chi connectivity index (χ4v) is 1.71. The number of nitrogens with zero attached hydrogens (tertiary/aromatic N) is 1. The number of rotatable bonds is 2. The zero-order valence-corrected chi connectivity index (χ0v) is 8.43. The average Bonchev–Trinajstić information content (AvgIpc) is 2.15. The molecule has 14 heavy (non-hydrogen) atoms. The molecular formula is C9H15F2NO2. The topological polar surface area (TPSA) is 29.5 Å². The zero-order valence-electron chi connectivity index (χ0n) is 8.43. The van der Waals surface area contributed by atoms with E-state index in [-0.39, 0.29) is 12.8 Å². The maximum atomic E-state index is 13.3. The highest BCUT2D eigenvalue weighted by Gasteiger charge is 2.46. The van der Waals surface area contributed by atoms with Gasteiger partial charge in [0.05, 0.1) is 7.11 Å². The van der Waals surface area contributed by atoms with Gasteiger partial charge in [-0.3, -0.25) is 9.63 Å². The first kappa shape index (κ1) is 11.4. The van der Waals surface area contributed by atoms with Crippen LogP contribution in [-0.4, -0.2) is 31.1 Å². The maximum Gasteiger partial charge on any atom is 0.259 e. The van der Waals surface area contributed by atoms with E-state index in [0.717, 1.165) is 5.06 Å². The van der Waals surface area contributed by atoms with Crippen LogP contribution in [0.15, 0.2) is 0 Å². The van der Waals surface area contributed by atoms with Gasteiger partial charge in [-0.15, -0.1) is 0 Å². The van der Waals surface area contributed by atoms with E-state index in [1.54, 1.807) is 0 Å². The Morgan fingerprint density at radius 3 is 2.64 bits per heavy atom. The van der Waals surface area contributed by atoms with Crippen molar-refractivity contribution in [2.24, 2.45) is 5.92 Å². The van der Waals surface area contributed by atoms with E-state index in [9.17, 15) is 13.6 Å². The molecular weight excluding hydrogens is 192 g/mol. The first-order valence-electron chi connectivity index (χ1n) is 4.68. The Morgan fingerprint density at radius 2 is 2.14 bits per heavy atom. The molecule has 1 saturated carbocycles. The van der Waals surface area contributed by atoms with Crippen LogP contribution in [0.2, 0.25) is 0 Å². The Labute approximate surface area is 82.0 Å². The van der Waals surface area contributed by atoms with E-state index in [1.807, 2.05) is 0 Å². The molecule has 82 valence electrons. The Morgan fingerprint density at radius 1 is 1.50 bits per heavy atom. The van der Waals surface area contributed by atoms with Crippen LogP contribution in [0.3, 0.4) is 0 Å². The molecule has 0 N–H and O–H groups in total. The van der Waals surface area contributed by atoms with Crippen LogP contribution in [0.1, 0.15) is 25.7 Å². The number of carbonyl (C=O) groups excluding carboxylic acids is 1. The summed E-state index contributed by atoms with van der Waals surface area (Å²) in [6.07, 6.45) is 1.23. The molecule has 0 saturated heterocycles. The normalized spacial score (nSPS) is 25.9. The average molecular weight is 207 g/mol. The van der Waals surface area contributed by atoms with Crippen LogP contribution in [0, 0.1) is 5.92 Å². The predicted molar refractivity (Wildman–Crippen MR) is 46.7 cm³/mol. The van der Waals surface area contributed by atoms with Gasteiger partial charge in [-0.25, -0.2) is 13.8 Å². The van der Waals surface area contributed by atoms with Gasteiger partial charge in [0.1, 0.15) is 5.92 Å². The summed E-state index contributed by atoms with van der Waals surface area (Å²) in [5, 5.41) is 0.879. The van der Waals surface area contributed by atoms with Crippen LogP contribution in [0.25, 0.3) is 0 Å². The molecule has 5 heteroatoms. The first-order chi connectivity index (χ1) is 6.49. The Balaban J connectivity index is 2.69. The monoisotopic (exact) mass is 207 g/mol. The van der Waals surface area contributed by atoms with Crippen molar-refractivity contribution >= 4 is 5.91 Å².